The Morgan fingerprint density at radius 1 is 1.43 bits per heavy atom. The van der Waals surface area contributed by atoms with Gasteiger partial charge < -0.3 is 9.53 Å². The molecule has 1 heterocycles. The van der Waals surface area contributed by atoms with Crippen molar-refractivity contribution in [2.24, 2.45) is 0 Å². The van der Waals surface area contributed by atoms with Gasteiger partial charge in [-0.2, -0.15) is 0 Å². The highest BCUT2D eigenvalue weighted by molar-refractivity contribution is 9.10. The van der Waals surface area contributed by atoms with Gasteiger partial charge in [-0.15, -0.1) is 0 Å². The van der Waals surface area contributed by atoms with Gasteiger partial charge in [-0.05, 0) is 37.5 Å². The van der Waals surface area contributed by atoms with Crippen LogP contribution in [-0.4, -0.2) is 25.0 Å². The van der Waals surface area contributed by atoms with Crippen LogP contribution in [0.2, 0.25) is 23.3 Å². The van der Waals surface area contributed by atoms with E-state index in [9.17, 15) is 5.11 Å². The van der Waals surface area contributed by atoms with Gasteiger partial charge in [0.05, 0.1) is 6.10 Å². The maximum Gasteiger partial charge on any atom is 0.191 e. The lowest BCUT2D eigenvalue weighted by atomic mass is 10.1. The summed E-state index contributed by atoms with van der Waals surface area (Å²) < 4.78 is 6.88. The molecule has 0 amide bonds. The first-order valence-electron chi connectivity index (χ1n) is 7.10. The van der Waals surface area contributed by atoms with Crippen LogP contribution in [0, 0.1) is 6.92 Å². The summed E-state index contributed by atoms with van der Waals surface area (Å²) in [6, 6.07) is 1.86. The molecule has 0 aliphatic rings. The summed E-state index contributed by atoms with van der Waals surface area (Å²) in [7, 11) is -1.78. The average Bonchev–Trinajstić information content (AvgIpc) is 2.25. The van der Waals surface area contributed by atoms with E-state index >= 15 is 0 Å². The summed E-state index contributed by atoms with van der Waals surface area (Å²) in [6.45, 7) is 13.4. The molecule has 0 aliphatic carbocycles. The van der Waals surface area contributed by atoms with E-state index in [2.05, 4.69) is 54.8 Å². The second kappa shape index (κ2) is 7.09. The number of rotatable bonds is 5. The van der Waals surface area contributed by atoms with Gasteiger partial charge in [0.2, 0.25) is 0 Å². The average molecular weight is 395 g/mol. The molecule has 1 aromatic heterocycles. The zero-order valence-corrected chi connectivity index (χ0v) is 17.0. The Labute approximate surface area is 142 Å². The summed E-state index contributed by atoms with van der Waals surface area (Å²) in [6.07, 6.45) is -0.167. The van der Waals surface area contributed by atoms with Crippen LogP contribution in [-0.2, 0) is 4.43 Å². The van der Waals surface area contributed by atoms with Crippen molar-refractivity contribution in [3.8, 4) is 0 Å². The summed E-state index contributed by atoms with van der Waals surface area (Å²) in [5, 5.41) is 10.9. The van der Waals surface area contributed by atoms with Gasteiger partial charge in [-0.25, -0.2) is 4.98 Å². The highest BCUT2D eigenvalue weighted by atomic mass is 79.9. The molecule has 1 rings (SSSR count). The third-order valence-corrected chi connectivity index (χ3v) is 9.57. The quantitative estimate of drug-likeness (QED) is 0.547. The van der Waals surface area contributed by atoms with Crippen LogP contribution in [0.15, 0.2) is 10.5 Å². The monoisotopic (exact) mass is 393 g/mol. The van der Waals surface area contributed by atoms with Crippen molar-refractivity contribution in [2.45, 2.75) is 58.4 Å². The van der Waals surface area contributed by atoms with Crippen molar-refractivity contribution in [3.63, 3.8) is 0 Å². The van der Waals surface area contributed by atoms with Gasteiger partial charge in [0, 0.05) is 22.3 Å². The van der Waals surface area contributed by atoms with Crippen molar-refractivity contribution >= 4 is 35.8 Å². The molecule has 0 spiro atoms. The molecule has 0 aliphatic heterocycles. The number of aliphatic hydroxyl groups is 1. The fourth-order valence-corrected chi connectivity index (χ4v) is 4.01. The Kier molecular flexibility index (Phi) is 6.45. The molecule has 6 heteroatoms. The van der Waals surface area contributed by atoms with Crippen LogP contribution in [0.5, 0.6) is 0 Å². The molecule has 1 atom stereocenters. The van der Waals surface area contributed by atoms with Crippen LogP contribution in [0.25, 0.3) is 0 Å². The molecule has 1 unspecified atom stereocenters. The molecular weight excluding hydrogens is 370 g/mol. The van der Waals surface area contributed by atoms with E-state index in [0.29, 0.717) is 23.7 Å². The lowest BCUT2D eigenvalue weighted by molar-refractivity contribution is 0.135. The molecule has 0 saturated carbocycles. The van der Waals surface area contributed by atoms with Gasteiger partial charge in [0.1, 0.15) is 5.15 Å². The van der Waals surface area contributed by atoms with Crippen LogP contribution in [0.3, 0.4) is 0 Å². The van der Waals surface area contributed by atoms with Gasteiger partial charge in [-0.1, -0.05) is 48.3 Å². The Balaban J connectivity index is 2.70. The fraction of sp³-hybridized carbons (Fsp3) is 0.667. The van der Waals surface area contributed by atoms with Crippen LogP contribution >= 0.6 is 27.5 Å². The standard InChI is InChI=1S/C15H25BrClNO2Si/c1-10-9-11(16)13(14(17)18-10)12(19)7-8-20-21(5,6)15(2,3)4/h9,12,19H,7-8H2,1-6H3. The lowest BCUT2D eigenvalue weighted by Crippen LogP contribution is -2.41. The van der Waals surface area contributed by atoms with E-state index in [0.717, 1.165) is 10.2 Å². The normalized spacial score (nSPS) is 14.3. The van der Waals surface area contributed by atoms with Crippen molar-refractivity contribution < 1.29 is 9.53 Å². The van der Waals surface area contributed by atoms with E-state index in [1.54, 1.807) is 0 Å². The third-order valence-electron chi connectivity index (χ3n) is 4.08. The zero-order chi connectivity index (χ0) is 16.4. The van der Waals surface area contributed by atoms with Crippen molar-refractivity contribution in [3.05, 3.63) is 26.9 Å². The van der Waals surface area contributed by atoms with Gasteiger partial charge in [-0.3, -0.25) is 0 Å². The van der Waals surface area contributed by atoms with Crippen molar-refractivity contribution in [1.29, 1.82) is 0 Å². The van der Waals surface area contributed by atoms with E-state index in [1.165, 1.54) is 0 Å². The second-order valence-corrected chi connectivity index (χ2v) is 12.9. The number of nitrogens with zero attached hydrogens (tertiary/aromatic N) is 1. The predicted octanol–water partition coefficient (Wildman–Crippen LogP) is 5.25. The summed E-state index contributed by atoms with van der Waals surface area (Å²) in [5.74, 6) is 0. The number of aromatic nitrogens is 1. The van der Waals surface area contributed by atoms with Crippen LogP contribution in [0.1, 0.15) is 44.6 Å². The predicted molar refractivity (Wildman–Crippen MR) is 94.4 cm³/mol. The molecule has 1 N–H and O–H groups in total. The van der Waals surface area contributed by atoms with E-state index < -0.39 is 14.4 Å². The third kappa shape index (κ3) is 5.03. The molecule has 0 radical (unpaired) electrons. The van der Waals surface area contributed by atoms with E-state index in [-0.39, 0.29) is 5.04 Å². The maximum absolute atomic E-state index is 10.4. The summed E-state index contributed by atoms with van der Waals surface area (Å²) in [5.41, 5.74) is 1.46. The fourth-order valence-electron chi connectivity index (χ4n) is 1.69. The molecule has 0 fully saturated rings. The molecule has 120 valence electrons. The number of hydrogen-bond acceptors (Lipinski definition) is 3. The maximum atomic E-state index is 10.4. The highest BCUT2D eigenvalue weighted by Crippen LogP contribution is 2.37. The second-order valence-electron chi connectivity index (χ2n) is 6.86. The Hall–Kier alpha value is 0.0569. The lowest BCUT2D eigenvalue weighted by Gasteiger charge is -2.36. The Morgan fingerprint density at radius 3 is 2.48 bits per heavy atom. The number of aliphatic hydroxyl groups excluding tert-OH is 1. The first-order chi connectivity index (χ1) is 9.45. The Morgan fingerprint density at radius 2 is 2.00 bits per heavy atom. The summed E-state index contributed by atoms with van der Waals surface area (Å²) in [4.78, 5) is 4.19. The first-order valence-corrected chi connectivity index (χ1v) is 11.2. The number of hydrogen-bond donors (Lipinski definition) is 1. The molecule has 1 aromatic rings. The smallest absolute Gasteiger partial charge is 0.191 e. The number of halogens is 2. The van der Waals surface area contributed by atoms with Gasteiger partial charge in [0.25, 0.3) is 0 Å². The molecule has 0 bridgehead atoms. The van der Waals surface area contributed by atoms with Crippen LogP contribution < -0.4 is 0 Å². The SMILES string of the molecule is Cc1cc(Br)c(C(O)CCO[Si](C)(C)C(C)(C)C)c(Cl)n1. The molecule has 21 heavy (non-hydrogen) atoms. The number of aryl methyl sites for hydroxylation is 1. The molecule has 3 nitrogen and oxygen atoms in total. The Bertz CT molecular complexity index is 480. The van der Waals surface area contributed by atoms with Crippen molar-refractivity contribution in [1.82, 2.24) is 4.98 Å². The minimum Gasteiger partial charge on any atom is -0.417 e. The zero-order valence-electron chi connectivity index (χ0n) is 13.6. The first kappa shape index (κ1) is 19.1. The van der Waals surface area contributed by atoms with E-state index in [1.807, 2.05) is 13.0 Å². The highest BCUT2D eigenvalue weighted by Gasteiger charge is 2.37. The molecule has 0 saturated heterocycles. The number of pyridine rings is 1. The summed E-state index contributed by atoms with van der Waals surface area (Å²) >= 11 is 9.58. The minimum atomic E-state index is -1.78. The van der Waals surface area contributed by atoms with E-state index in [4.69, 9.17) is 16.0 Å². The van der Waals surface area contributed by atoms with Crippen LogP contribution in [0.4, 0.5) is 0 Å². The minimum absolute atomic E-state index is 0.168. The molecular formula is C15H25BrClNO2Si. The van der Waals surface area contributed by atoms with Gasteiger partial charge in [0.15, 0.2) is 8.32 Å². The largest absolute Gasteiger partial charge is 0.417 e. The van der Waals surface area contributed by atoms with Crippen molar-refractivity contribution in [2.75, 3.05) is 6.61 Å². The van der Waals surface area contributed by atoms with Gasteiger partial charge >= 0.3 is 0 Å². The molecule has 0 aromatic carbocycles. The topological polar surface area (TPSA) is 42.4 Å².